The van der Waals surface area contributed by atoms with Gasteiger partial charge in [0.1, 0.15) is 5.82 Å². The normalized spacial score (nSPS) is 24.8. The molecule has 3 aliphatic carbocycles. The Labute approximate surface area is 231 Å². The lowest BCUT2D eigenvalue weighted by atomic mass is 9.75. The van der Waals surface area contributed by atoms with Crippen molar-refractivity contribution in [1.29, 1.82) is 0 Å². The van der Waals surface area contributed by atoms with E-state index in [-0.39, 0.29) is 5.82 Å². The van der Waals surface area contributed by atoms with Crippen LogP contribution in [0.5, 0.6) is 0 Å². The van der Waals surface area contributed by atoms with E-state index in [1.54, 1.807) is 41.9 Å². The minimum absolute atomic E-state index is 0.244. The second-order valence-corrected chi connectivity index (χ2v) is 14.2. The van der Waals surface area contributed by atoms with Crippen molar-refractivity contribution < 1.29 is 4.39 Å². The number of hydrogen-bond donors (Lipinski definition) is 2. The molecule has 2 nitrogen and oxygen atoms in total. The number of halogens is 1. The molecule has 0 aromatic heterocycles. The lowest BCUT2D eigenvalue weighted by Crippen LogP contribution is -2.41. The Morgan fingerprint density at radius 3 is 2.47 bits per heavy atom. The van der Waals surface area contributed by atoms with Crippen LogP contribution in [-0.4, -0.2) is 31.4 Å². The zero-order valence-corrected chi connectivity index (χ0v) is 24.5. The second kappa shape index (κ2) is 13.3. The number of aryl methyl sites for hydroxylation is 2. The number of rotatable bonds is 7. The molecule has 2 N–H and O–H groups in total. The van der Waals surface area contributed by atoms with Gasteiger partial charge >= 0.3 is 0 Å². The number of fused-ring (bicyclic) bond motifs is 1. The van der Waals surface area contributed by atoms with Crippen LogP contribution in [0, 0.1) is 24.6 Å². The molecule has 2 atom stereocenters. The van der Waals surface area contributed by atoms with Crippen LogP contribution >= 0.6 is 9.39 Å². The van der Waals surface area contributed by atoms with Crippen LogP contribution in [0.4, 0.5) is 4.39 Å². The maximum atomic E-state index is 13.2. The van der Waals surface area contributed by atoms with Crippen molar-refractivity contribution in [2.24, 2.45) is 11.8 Å². The number of nitrogens with one attached hydrogen (secondary N) is 2. The summed E-state index contributed by atoms with van der Waals surface area (Å²) in [6.07, 6.45) is 17.6. The lowest BCUT2D eigenvalue weighted by Gasteiger charge is -2.36. The predicted molar refractivity (Wildman–Crippen MR) is 167 cm³/mol. The molecule has 0 saturated heterocycles. The SMILES string of the molecule is C=S(=C)(NC)c1ccccc1F.Cc1ccc2c(c1)CCC(NCC1CCC(C)CC1)C2CC1=CCC=C1. The van der Waals surface area contributed by atoms with Crippen molar-refractivity contribution in [1.82, 2.24) is 10.0 Å². The van der Waals surface area contributed by atoms with Gasteiger partial charge in [-0.05, 0) is 94.1 Å². The number of allylic oxidation sites excluding steroid dienone is 4. The maximum absolute atomic E-state index is 13.2. The highest BCUT2D eigenvalue weighted by Crippen LogP contribution is 2.38. The molecule has 1 fully saturated rings. The first kappa shape index (κ1) is 28.9. The summed E-state index contributed by atoms with van der Waals surface area (Å²) < 4.78 is 16.1. The predicted octanol–water partition coefficient (Wildman–Crippen LogP) is 8.07. The average molecular weight is 535 g/mol. The van der Waals surface area contributed by atoms with E-state index in [0.717, 1.165) is 18.3 Å². The fourth-order valence-electron chi connectivity index (χ4n) is 6.17. The fourth-order valence-corrected chi connectivity index (χ4v) is 7.17. The van der Waals surface area contributed by atoms with Crippen LogP contribution in [0.25, 0.3) is 0 Å². The zero-order valence-electron chi connectivity index (χ0n) is 23.6. The van der Waals surface area contributed by atoms with Crippen molar-refractivity contribution in [2.45, 2.75) is 82.1 Å². The first-order valence-electron chi connectivity index (χ1n) is 14.4. The van der Waals surface area contributed by atoms with Crippen molar-refractivity contribution in [3.05, 3.63) is 88.8 Å². The topological polar surface area (TPSA) is 24.1 Å². The third kappa shape index (κ3) is 7.49. The molecule has 0 aliphatic heterocycles. The molecule has 3 aliphatic rings. The maximum Gasteiger partial charge on any atom is 0.136 e. The van der Waals surface area contributed by atoms with Crippen LogP contribution in [0.3, 0.4) is 0 Å². The molecular weight excluding hydrogens is 487 g/mol. The van der Waals surface area contributed by atoms with E-state index < -0.39 is 9.39 Å². The Kier molecular flexibility index (Phi) is 10.1. The van der Waals surface area contributed by atoms with E-state index in [0.29, 0.717) is 16.9 Å². The zero-order chi connectivity index (χ0) is 27.1. The highest BCUT2D eigenvalue weighted by atomic mass is 32.2. The molecule has 5 rings (SSSR count). The Balaban J connectivity index is 0.000000236. The van der Waals surface area contributed by atoms with Gasteiger partial charge in [-0.1, -0.05) is 91.2 Å². The van der Waals surface area contributed by atoms with Crippen molar-refractivity contribution in [3.63, 3.8) is 0 Å². The number of hydrogen-bond acceptors (Lipinski definition) is 2. The van der Waals surface area contributed by atoms with E-state index in [9.17, 15) is 4.39 Å². The van der Waals surface area contributed by atoms with E-state index in [4.69, 9.17) is 0 Å². The van der Waals surface area contributed by atoms with Gasteiger partial charge in [-0.25, -0.2) is 4.39 Å². The molecule has 0 heterocycles. The van der Waals surface area contributed by atoms with Gasteiger partial charge in [0.2, 0.25) is 0 Å². The molecule has 0 amide bonds. The van der Waals surface area contributed by atoms with E-state index in [1.165, 1.54) is 63.1 Å². The summed E-state index contributed by atoms with van der Waals surface area (Å²) in [7, 11) is 0.0840. The van der Waals surface area contributed by atoms with Gasteiger partial charge in [0.05, 0.1) is 0 Å². The van der Waals surface area contributed by atoms with Crippen molar-refractivity contribution >= 4 is 21.1 Å². The number of benzene rings is 2. The molecule has 0 spiro atoms. The van der Waals surface area contributed by atoms with E-state index in [2.05, 4.69) is 72.1 Å². The minimum Gasteiger partial charge on any atom is -0.313 e. The van der Waals surface area contributed by atoms with Gasteiger partial charge in [0.15, 0.2) is 0 Å². The largest absolute Gasteiger partial charge is 0.313 e. The minimum atomic E-state index is -1.65. The molecule has 2 aromatic rings. The summed E-state index contributed by atoms with van der Waals surface area (Å²) in [6.45, 7) is 5.87. The third-order valence-corrected chi connectivity index (χ3v) is 10.6. The standard InChI is InChI=1S/C25H35N.C9H12FNS/c1-18-7-10-21(11-8-18)17-26-25-14-12-22-15-19(2)9-13-23(22)24(25)16-20-5-3-4-6-20;1-11-12(2,3)9-7-5-4-6-8(9)10/h3,5-6,9,13,15,18,21,24-26H,4,7-8,10-12,14,16-17H2,1-2H3;4-7,11H,2-3H2,1H3. The first-order valence-corrected chi connectivity index (χ1v) is 16.3. The Hall–Kier alpha value is -2.14. The highest BCUT2D eigenvalue weighted by Gasteiger charge is 2.30. The van der Waals surface area contributed by atoms with Crippen molar-refractivity contribution in [2.75, 3.05) is 13.6 Å². The van der Waals surface area contributed by atoms with Gasteiger partial charge in [-0.15, -0.1) is 9.39 Å². The van der Waals surface area contributed by atoms with Crippen LogP contribution < -0.4 is 10.0 Å². The van der Waals surface area contributed by atoms with Gasteiger partial charge in [0, 0.05) is 16.9 Å². The molecule has 0 radical (unpaired) electrons. The average Bonchev–Trinajstić information content (AvgIpc) is 3.43. The summed E-state index contributed by atoms with van der Waals surface area (Å²) in [5.41, 5.74) is 6.16. The monoisotopic (exact) mass is 534 g/mol. The summed E-state index contributed by atoms with van der Waals surface area (Å²) in [5, 5.41) is 4.03. The van der Waals surface area contributed by atoms with E-state index in [1.807, 2.05) is 0 Å². The quantitative estimate of drug-likeness (QED) is 0.351. The molecule has 1 saturated carbocycles. The van der Waals surface area contributed by atoms with Crippen LogP contribution in [0.1, 0.15) is 74.5 Å². The highest BCUT2D eigenvalue weighted by molar-refractivity contribution is 8.26. The van der Waals surface area contributed by atoms with Gasteiger partial charge in [0.25, 0.3) is 0 Å². The second-order valence-electron chi connectivity index (χ2n) is 11.6. The Morgan fingerprint density at radius 1 is 1.03 bits per heavy atom. The summed E-state index contributed by atoms with van der Waals surface area (Å²) in [5.74, 6) is 9.92. The third-order valence-electron chi connectivity index (χ3n) is 8.66. The smallest absolute Gasteiger partial charge is 0.136 e. The van der Waals surface area contributed by atoms with Gasteiger partial charge in [-0.3, -0.25) is 4.72 Å². The van der Waals surface area contributed by atoms with Crippen LogP contribution in [0.2, 0.25) is 0 Å². The molecule has 0 bridgehead atoms. The summed E-state index contributed by atoms with van der Waals surface area (Å²) >= 11 is 0. The molecule has 2 unspecified atom stereocenters. The molecular formula is C34H47FN2S. The molecule has 4 heteroatoms. The van der Waals surface area contributed by atoms with E-state index >= 15 is 0 Å². The van der Waals surface area contributed by atoms with Crippen LogP contribution in [0.15, 0.2) is 71.2 Å². The fraction of sp³-hybridized carbons (Fsp3) is 0.471. The Bertz CT molecular complexity index is 1230. The molecule has 2 aromatic carbocycles. The summed E-state index contributed by atoms with van der Waals surface area (Å²) in [6, 6.07) is 14.4. The van der Waals surface area contributed by atoms with Gasteiger partial charge in [-0.2, -0.15) is 0 Å². The summed E-state index contributed by atoms with van der Waals surface area (Å²) in [4.78, 5) is 0.563. The lowest BCUT2D eigenvalue weighted by molar-refractivity contribution is 0.262. The first-order chi connectivity index (χ1) is 18.3. The molecule has 206 valence electrons. The van der Waals surface area contributed by atoms with Crippen LogP contribution in [-0.2, 0) is 6.42 Å². The van der Waals surface area contributed by atoms with Gasteiger partial charge < -0.3 is 5.32 Å². The Morgan fingerprint density at radius 2 is 1.79 bits per heavy atom. The molecule has 38 heavy (non-hydrogen) atoms. The van der Waals surface area contributed by atoms with Crippen molar-refractivity contribution in [3.8, 4) is 0 Å².